The van der Waals surface area contributed by atoms with Crippen LogP contribution in [0.4, 0.5) is 0 Å². The van der Waals surface area contributed by atoms with Crippen LogP contribution in [0.3, 0.4) is 0 Å². The van der Waals surface area contributed by atoms with E-state index in [2.05, 4.69) is 34.7 Å². The van der Waals surface area contributed by atoms with Crippen LogP contribution in [0, 0.1) is 45.3 Å². The zero-order chi connectivity index (χ0) is 36.1. The van der Waals surface area contributed by atoms with Gasteiger partial charge in [0, 0.05) is 31.0 Å². The maximum atomic E-state index is 9.09. The topological polar surface area (TPSA) is 173 Å². The Labute approximate surface area is 302 Å². The molecule has 4 aromatic carbocycles. The van der Waals surface area contributed by atoms with Crippen molar-refractivity contribution < 1.29 is 29.2 Å². The van der Waals surface area contributed by atoms with E-state index < -0.39 is 0 Å². The zero-order valence-electron chi connectivity index (χ0n) is 27.5. The van der Waals surface area contributed by atoms with E-state index in [0.717, 1.165) is 22.9 Å². The van der Waals surface area contributed by atoms with Crippen LogP contribution in [0.2, 0.25) is 0 Å². The molecule has 0 spiro atoms. The van der Waals surface area contributed by atoms with Crippen molar-refractivity contribution in [2.45, 2.75) is 23.9 Å². The number of nitriles is 4. The average Bonchev–Trinajstić information content (AvgIpc) is 3.17. The summed E-state index contributed by atoms with van der Waals surface area (Å²) in [5.41, 5.74) is 3.64. The Kier molecular flexibility index (Phi) is 23.0. The molecule has 0 saturated carbocycles. The van der Waals surface area contributed by atoms with E-state index >= 15 is 0 Å². The molecule has 2 N–H and O–H groups in total. The maximum absolute atomic E-state index is 9.09. The molecule has 0 aromatic heterocycles. The highest BCUT2D eigenvalue weighted by molar-refractivity contribution is 14.1. The molecule has 0 aliphatic carbocycles. The van der Waals surface area contributed by atoms with Crippen LogP contribution in [0.25, 0.3) is 0 Å². The van der Waals surface area contributed by atoms with Crippen LogP contribution in [0.1, 0.15) is 46.2 Å². The van der Waals surface area contributed by atoms with Crippen LogP contribution in [-0.2, 0) is 15.8 Å². The van der Waals surface area contributed by atoms with Crippen molar-refractivity contribution in [3.8, 4) is 41.5 Å². The van der Waals surface area contributed by atoms with Crippen molar-refractivity contribution in [2.24, 2.45) is 0 Å². The smallest absolute Gasteiger partial charge is 0.138 e. The van der Waals surface area contributed by atoms with Gasteiger partial charge in [0.2, 0.25) is 0 Å². The molecule has 0 aliphatic rings. The summed E-state index contributed by atoms with van der Waals surface area (Å²) >= 11 is 2.34. The predicted molar refractivity (Wildman–Crippen MR) is 194 cm³/mol. The van der Waals surface area contributed by atoms with Crippen molar-refractivity contribution in [2.75, 3.05) is 40.6 Å². The minimum Gasteiger partial charge on any atom is -0.497 e. The second-order valence-electron chi connectivity index (χ2n) is 9.45. The molecule has 4 rings (SSSR count). The van der Waals surface area contributed by atoms with E-state index in [0.29, 0.717) is 61.9 Å². The van der Waals surface area contributed by atoms with Gasteiger partial charge >= 0.3 is 0 Å². The Morgan fingerprint density at radius 1 is 0.612 bits per heavy atom. The molecule has 0 heterocycles. The summed E-state index contributed by atoms with van der Waals surface area (Å²) in [6, 6.07) is 35.8. The summed E-state index contributed by atoms with van der Waals surface area (Å²) in [4.78, 5) is 0. The van der Waals surface area contributed by atoms with Gasteiger partial charge in [0.15, 0.2) is 0 Å². The van der Waals surface area contributed by atoms with E-state index in [9.17, 15) is 0 Å². The van der Waals surface area contributed by atoms with E-state index in [1.54, 1.807) is 43.5 Å². The number of rotatable bonds is 13. The lowest BCUT2D eigenvalue weighted by atomic mass is 10.1. The van der Waals surface area contributed by atoms with Gasteiger partial charge in [-0.2, -0.15) is 21.0 Å². The molecule has 0 atom stereocenters. The third-order valence-electron chi connectivity index (χ3n) is 6.19. The Morgan fingerprint density at radius 3 is 1.59 bits per heavy atom. The van der Waals surface area contributed by atoms with Crippen molar-refractivity contribution >= 4 is 22.6 Å². The second kappa shape index (κ2) is 26.9. The molecule has 0 radical (unpaired) electrons. The van der Waals surface area contributed by atoms with Crippen LogP contribution in [-0.4, -0.2) is 50.9 Å². The number of hydrogen-bond donors (Lipinski definition) is 2. The van der Waals surface area contributed by atoms with Gasteiger partial charge in [-0.15, -0.1) is 0 Å². The molecule has 10 nitrogen and oxygen atoms in total. The van der Waals surface area contributed by atoms with Gasteiger partial charge in [-0.3, -0.25) is 0 Å². The summed E-state index contributed by atoms with van der Waals surface area (Å²) in [7, 11) is 2.68. The quantitative estimate of drug-likeness (QED) is 0.0832. The first-order valence-corrected chi connectivity index (χ1v) is 16.6. The zero-order valence-corrected chi connectivity index (χ0v) is 29.7. The third kappa shape index (κ3) is 16.0. The van der Waals surface area contributed by atoms with E-state index in [-0.39, 0.29) is 17.7 Å². The molecule has 11 heteroatoms. The lowest BCUT2D eigenvalue weighted by Gasteiger charge is -2.09. The summed E-state index contributed by atoms with van der Waals surface area (Å²) in [5, 5.41) is 51.2. The maximum Gasteiger partial charge on any atom is 0.138 e. The van der Waals surface area contributed by atoms with Crippen LogP contribution >= 0.6 is 22.6 Å². The molecule has 0 unspecified atom stereocenters. The molecule has 0 amide bonds. The average molecular weight is 775 g/mol. The molecular weight excluding hydrogens is 735 g/mol. The van der Waals surface area contributed by atoms with Gasteiger partial charge in [0.25, 0.3) is 0 Å². The van der Waals surface area contributed by atoms with Gasteiger partial charge in [0.05, 0.1) is 44.7 Å². The molecule has 0 saturated heterocycles. The number of methoxy groups -OCH3 is 1. The van der Waals surface area contributed by atoms with Crippen LogP contribution in [0.15, 0.2) is 91.0 Å². The lowest BCUT2D eigenvalue weighted by molar-refractivity contribution is 0.107. The standard InChI is InChI=1S/C18H16N2O2.C11H10N2O2.C8H9IO.CH4O/c19-12-16-8-4-9-18(17(16)13-20)22-11-5-10-21-14-15-6-2-1-3-7-15;12-7-9-3-1-4-11(10(9)8-13)15-6-2-5-14;1-10-8-4-2-7(6-9)3-5-8;1-2/h1-4,6-9H,5,10-11,14H2;1,3-4,14H,2,5-6H2;2-5H,6H2,1H3;2H,1H3. The molecule has 0 bridgehead atoms. The first-order valence-electron chi connectivity index (χ1n) is 15.0. The van der Waals surface area contributed by atoms with Crippen molar-refractivity contribution in [1.82, 2.24) is 0 Å². The first kappa shape index (κ1) is 41.9. The number of aliphatic hydroxyl groups excluding tert-OH is 2. The monoisotopic (exact) mass is 774 g/mol. The minimum absolute atomic E-state index is 0.0415. The molecule has 49 heavy (non-hydrogen) atoms. The summed E-state index contributed by atoms with van der Waals surface area (Å²) in [6.07, 6.45) is 1.22. The Bertz CT molecular complexity index is 1650. The van der Waals surface area contributed by atoms with E-state index in [4.69, 9.17) is 50.2 Å². The SMILES string of the molecule is CO.COc1ccc(CI)cc1.N#Cc1cccc(OCCCO)c1C#N.N#Cc1cccc(OCCCOCc2ccccc2)c1C#N. The Balaban J connectivity index is 0.000000385. The fourth-order valence-corrected chi connectivity index (χ4v) is 4.30. The second-order valence-corrected chi connectivity index (χ2v) is 10.2. The molecule has 0 aliphatic heterocycles. The fourth-order valence-electron chi connectivity index (χ4n) is 3.79. The molecular formula is C38H39IN4O6. The number of halogens is 1. The first-order chi connectivity index (χ1) is 24.0. The summed E-state index contributed by atoms with van der Waals surface area (Å²) in [6.45, 7) is 1.97. The normalized spacial score (nSPS) is 9.16. The van der Waals surface area contributed by atoms with Crippen molar-refractivity contribution in [3.05, 3.63) is 124 Å². The van der Waals surface area contributed by atoms with E-state index in [1.807, 2.05) is 66.7 Å². The summed E-state index contributed by atoms with van der Waals surface area (Å²) in [5.74, 6) is 1.77. The number of nitrogens with zero attached hydrogens (tertiary/aromatic N) is 4. The third-order valence-corrected chi connectivity index (χ3v) is 7.07. The number of alkyl halides is 1. The number of benzene rings is 4. The molecule has 254 valence electrons. The predicted octanol–water partition coefficient (Wildman–Crippen LogP) is 6.85. The van der Waals surface area contributed by atoms with Crippen molar-refractivity contribution in [3.63, 3.8) is 0 Å². The largest absolute Gasteiger partial charge is 0.497 e. The van der Waals surface area contributed by atoms with Gasteiger partial charge < -0.3 is 29.2 Å². The van der Waals surface area contributed by atoms with Gasteiger partial charge in [-0.25, -0.2) is 0 Å². The van der Waals surface area contributed by atoms with Crippen molar-refractivity contribution in [1.29, 1.82) is 21.0 Å². The lowest BCUT2D eigenvalue weighted by Crippen LogP contribution is -2.04. The highest BCUT2D eigenvalue weighted by Crippen LogP contribution is 2.22. The Morgan fingerprint density at radius 2 is 1.14 bits per heavy atom. The molecule has 4 aromatic rings. The molecule has 0 fully saturated rings. The van der Waals surface area contributed by atoms with Gasteiger partial charge in [-0.1, -0.05) is 77.2 Å². The van der Waals surface area contributed by atoms with Gasteiger partial charge in [0.1, 0.15) is 52.7 Å². The van der Waals surface area contributed by atoms with Crippen LogP contribution in [0.5, 0.6) is 17.2 Å². The fraction of sp³-hybridized carbons (Fsp3) is 0.263. The number of hydrogen-bond acceptors (Lipinski definition) is 10. The summed E-state index contributed by atoms with van der Waals surface area (Å²) < 4.78 is 22.5. The van der Waals surface area contributed by atoms with Crippen LogP contribution < -0.4 is 14.2 Å². The number of ether oxygens (including phenoxy) is 4. The minimum atomic E-state index is 0.0415. The van der Waals surface area contributed by atoms with Gasteiger partial charge in [-0.05, 0) is 47.5 Å². The highest BCUT2D eigenvalue weighted by atomic mass is 127. The number of aliphatic hydroxyl groups is 2. The highest BCUT2D eigenvalue weighted by Gasteiger charge is 2.09. The Hall–Kier alpha value is -5.15. The van der Waals surface area contributed by atoms with E-state index in [1.165, 1.54) is 5.56 Å².